The van der Waals surface area contributed by atoms with Crippen LogP contribution >= 0.6 is 0 Å². The number of rotatable bonds is 5. The summed E-state index contributed by atoms with van der Waals surface area (Å²) in [4.78, 5) is 35.9. The first-order valence-corrected chi connectivity index (χ1v) is 9.84. The minimum atomic E-state index is -2.77. The van der Waals surface area contributed by atoms with Gasteiger partial charge in [-0.1, -0.05) is 6.07 Å². The van der Waals surface area contributed by atoms with Crippen LogP contribution in [-0.2, 0) is 13.1 Å². The number of aromatic amines is 1. The number of aryl methyl sites for hydroxylation is 1. The molecule has 0 unspecified atom stereocenters. The molecule has 1 saturated heterocycles. The fraction of sp³-hybridized carbons (Fsp3) is 0.381. The lowest BCUT2D eigenvalue weighted by molar-refractivity contribution is 0.123. The van der Waals surface area contributed by atoms with Crippen LogP contribution in [0.4, 0.5) is 14.5 Å². The fourth-order valence-corrected chi connectivity index (χ4v) is 3.77. The third-order valence-corrected chi connectivity index (χ3v) is 5.41. The highest BCUT2D eigenvalue weighted by Crippen LogP contribution is 2.17. The lowest BCUT2D eigenvalue weighted by Gasteiger charge is -2.36. The Labute approximate surface area is 171 Å². The number of anilines is 1. The Balaban J connectivity index is 1.46. The maximum Gasteiger partial charge on any atom is 0.329 e. The van der Waals surface area contributed by atoms with Gasteiger partial charge in [0, 0.05) is 38.4 Å². The highest BCUT2D eigenvalue weighted by molar-refractivity contribution is 5.77. The van der Waals surface area contributed by atoms with Gasteiger partial charge in [-0.25, -0.2) is 13.6 Å². The molecule has 4 rings (SSSR count). The first kappa shape index (κ1) is 20.2. The molecule has 1 aromatic carbocycles. The first-order chi connectivity index (χ1) is 14.4. The summed E-state index contributed by atoms with van der Waals surface area (Å²) in [5.74, 6) is 0. The molecule has 30 heavy (non-hydrogen) atoms. The van der Waals surface area contributed by atoms with Crippen molar-refractivity contribution >= 4 is 16.6 Å². The number of pyridine rings is 1. The predicted molar refractivity (Wildman–Crippen MR) is 111 cm³/mol. The van der Waals surface area contributed by atoms with Gasteiger partial charge in [-0.05, 0) is 36.8 Å². The molecule has 9 heteroatoms. The SMILES string of the molecule is Cc1ccc(N2CCN(Cc3ccc4c(=O)n(CC(F)F)c(=O)[nH]c4c3)CC2)cn1. The Morgan fingerprint density at radius 3 is 2.53 bits per heavy atom. The number of nitrogens with zero attached hydrogens (tertiary/aromatic N) is 4. The summed E-state index contributed by atoms with van der Waals surface area (Å²) < 4.78 is 25.8. The zero-order chi connectivity index (χ0) is 21.3. The predicted octanol–water partition coefficient (Wildman–Crippen LogP) is 1.98. The van der Waals surface area contributed by atoms with Gasteiger partial charge in [0.15, 0.2) is 0 Å². The quantitative estimate of drug-likeness (QED) is 0.690. The number of H-pyrrole nitrogens is 1. The largest absolute Gasteiger partial charge is 0.368 e. The molecule has 3 heterocycles. The zero-order valence-electron chi connectivity index (χ0n) is 16.6. The molecular formula is C21H23F2N5O2. The van der Waals surface area contributed by atoms with E-state index >= 15 is 0 Å². The van der Waals surface area contributed by atoms with E-state index in [0.29, 0.717) is 16.6 Å². The lowest BCUT2D eigenvalue weighted by atomic mass is 10.1. The van der Waals surface area contributed by atoms with Gasteiger partial charge in [0.1, 0.15) is 0 Å². The van der Waals surface area contributed by atoms with Crippen molar-refractivity contribution in [3.8, 4) is 0 Å². The van der Waals surface area contributed by atoms with Crippen LogP contribution < -0.4 is 16.1 Å². The molecule has 0 amide bonds. The Morgan fingerprint density at radius 1 is 1.10 bits per heavy atom. The standard InChI is InChI=1S/C21H23F2N5O2/c1-14-2-4-16(11-24-14)27-8-6-26(7-9-27)12-15-3-5-17-18(10-15)25-21(30)28(20(17)29)13-19(22)23/h2-5,10-11,19H,6-9,12-13H2,1H3,(H,25,30). The van der Waals surface area contributed by atoms with E-state index in [9.17, 15) is 18.4 Å². The summed E-state index contributed by atoms with van der Waals surface area (Å²) in [6.07, 6.45) is -0.874. The smallest absolute Gasteiger partial charge is 0.329 e. The maximum absolute atomic E-state index is 12.6. The summed E-state index contributed by atoms with van der Waals surface area (Å²) in [6, 6.07) is 9.25. The van der Waals surface area contributed by atoms with Crippen molar-refractivity contribution in [2.24, 2.45) is 0 Å². The molecule has 0 aliphatic carbocycles. The maximum atomic E-state index is 12.6. The van der Waals surface area contributed by atoms with Crippen molar-refractivity contribution in [3.05, 3.63) is 68.6 Å². The molecule has 0 radical (unpaired) electrons. The van der Waals surface area contributed by atoms with E-state index in [0.717, 1.165) is 43.1 Å². The lowest BCUT2D eigenvalue weighted by Crippen LogP contribution is -2.46. The third-order valence-electron chi connectivity index (χ3n) is 5.41. The van der Waals surface area contributed by atoms with Crippen molar-refractivity contribution in [2.45, 2.75) is 26.4 Å². The minimum Gasteiger partial charge on any atom is -0.368 e. The van der Waals surface area contributed by atoms with E-state index in [4.69, 9.17) is 0 Å². The molecule has 1 N–H and O–H groups in total. The molecule has 1 aliphatic heterocycles. The molecule has 0 bridgehead atoms. The second kappa shape index (κ2) is 8.35. The van der Waals surface area contributed by atoms with Crippen LogP contribution in [0, 0.1) is 6.92 Å². The van der Waals surface area contributed by atoms with Gasteiger partial charge in [-0.3, -0.25) is 19.2 Å². The molecule has 7 nitrogen and oxygen atoms in total. The Morgan fingerprint density at radius 2 is 1.87 bits per heavy atom. The molecular weight excluding hydrogens is 392 g/mol. The van der Waals surface area contributed by atoms with Crippen LogP contribution in [0.15, 0.2) is 46.1 Å². The fourth-order valence-electron chi connectivity index (χ4n) is 3.77. The van der Waals surface area contributed by atoms with Gasteiger partial charge in [0.05, 0.1) is 29.3 Å². The topological polar surface area (TPSA) is 74.2 Å². The van der Waals surface area contributed by atoms with E-state index in [1.54, 1.807) is 12.1 Å². The van der Waals surface area contributed by atoms with Crippen molar-refractivity contribution in [1.29, 1.82) is 0 Å². The molecule has 2 aromatic heterocycles. The number of aromatic nitrogens is 3. The summed E-state index contributed by atoms with van der Waals surface area (Å²) in [7, 11) is 0. The molecule has 1 aliphatic rings. The first-order valence-electron chi connectivity index (χ1n) is 9.84. The van der Waals surface area contributed by atoms with Crippen molar-refractivity contribution in [2.75, 3.05) is 31.1 Å². The molecule has 3 aromatic rings. The minimum absolute atomic E-state index is 0.232. The van der Waals surface area contributed by atoms with Crippen molar-refractivity contribution < 1.29 is 8.78 Å². The van der Waals surface area contributed by atoms with Gasteiger partial charge in [0.25, 0.3) is 12.0 Å². The number of nitrogens with one attached hydrogen (secondary N) is 1. The van der Waals surface area contributed by atoms with Crippen LogP contribution in [0.2, 0.25) is 0 Å². The number of piperazine rings is 1. The average Bonchev–Trinajstić information content (AvgIpc) is 2.72. The average molecular weight is 415 g/mol. The molecule has 0 saturated carbocycles. The highest BCUT2D eigenvalue weighted by atomic mass is 19.3. The monoisotopic (exact) mass is 415 g/mol. The van der Waals surface area contributed by atoms with E-state index in [2.05, 4.69) is 25.8 Å². The highest BCUT2D eigenvalue weighted by Gasteiger charge is 2.18. The third kappa shape index (κ3) is 4.25. The van der Waals surface area contributed by atoms with Gasteiger partial charge in [-0.15, -0.1) is 0 Å². The summed E-state index contributed by atoms with van der Waals surface area (Å²) >= 11 is 0. The van der Waals surface area contributed by atoms with Crippen LogP contribution in [0.1, 0.15) is 11.3 Å². The Hall–Kier alpha value is -3.07. The number of alkyl halides is 2. The van der Waals surface area contributed by atoms with E-state index < -0.39 is 24.2 Å². The van der Waals surface area contributed by atoms with Crippen molar-refractivity contribution in [1.82, 2.24) is 19.4 Å². The Kier molecular flexibility index (Phi) is 5.63. The van der Waals surface area contributed by atoms with E-state index in [1.165, 1.54) is 0 Å². The number of halogens is 2. The number of fused-ring (bicyclic) bond motifs is 1. The summed E-state index contributed by atoms with van der Waals surface area (Å²) in [5.41, 5.74) is 1.93. The second-order valence-corrected chi connectivity index (χ2v) is 7.54. The van der Waals surface area contributed by atoms with Crippen LogP contribution in [0.25, 0.3) is 10.9 Å². The van der Waals surface area contributed by atoms with E-state index in [-0.39, 0.29) is 5.39 Å². The molecule has 1 fully saturated rings. The zero-order valence-corrected chi connectivity index (χ0v) is 16.6. The molecule has 0 atom stereocenters. The van der Waals surface area contributed by atoms with E-state index in [1.807, 2.05) is 25.3 Å². The van der Waals surface area contributed by atoms with Gasteiger partial charge < -0.3 is 9.88 Å². The molecule has 0 spiro atoms. The van der Waals surface area contributed by atoms with Crippen LogP contribution in [0.3, 0.4) is 0 Å². The number of hydrogen-bond acceptors (Lipinski definition) is 5. The van der Waals surface area contributed by atoms with Gasteiger partial charge >= 0.3 is 5.69 Å². The van der Waals surface area contributed by atoms with Gasteiger partial charge in [-0.2, -0.15) is 0 Å². The second-order valence-electron chi connectivity index (χ2n) is 7.54. The number of hydrogen-bond donors (Lipinski definition) is 1. The number of benzene rings is 1. The van der Waals surface area contributed by atoms with Crippen molar-refractivity contribution in [3.63, 3.8) is 0 Å². The van der Waals surface area contributed by atoms with Crippen LogP contribution in [-0.4, -0.2) is 52.0 Å². The normalized spacial score (nSPS) is 15.3. The van der Waals surface area contributed by atoms with Gasteiger partial charge in [0.2, 0.25) is 0 Å². The Bertz CT molecular complexity index is 1150. The molecule has 158 valence electrons. The summed E-state index contributed by atoms with van der Waals surface area (Å²) in [5, 5.41) is 0.232. The van der Waals surface area contributed by atoms with Crippen LogP contribution in [0.5, 0.6) is 0 Å². The summed E-state index contributed by atoms with van der Waals surface area (Å²) in [6.45, 7) is 5.25.